The van der Waals surface area contributed by atoms with Gasteiger partial charge in [-0.3, -0.25) is 0 Å². The molecule has 0 aromatic heterocycles. The number of nitrogens with one attached hydrogen (secondary N) is 1. The summed E-state index contributed by atoms with van der Waals surface area (Å²) in [6, 6.07) is 1.01. The maximum atomic E-state index is 5.94. The van der Waals surface area contributed by atoms with Gasteiger partial charge in [-0.15, -0.1) is 0 Å². The van der Waals surface area contributed by atoms with Gasteiger partial charge in [0, 0.05) is 45.2 Å². The minimum atomic E-state index is -0.315. The second-order valence-electron chi connectivity index (χ2n) is 6.31. The van der Waals surface area contributed by atoms with Gasteiger partial charge >= 0.3 is 0 Å². The predicted molar refractivity (Wildman–Crippen MR) is 83.5 cm³/mol. The van der Waals surface area contributed by atoms with Crippen LogP contribution in [0.4, 0.5) is 0 Å². The van der Waals surface area contributed by atoms with E-state index in [1.807, 2.05) is 0 Å². The minimum Gasteiger partial charge on any atom is -0.385 e. The lowest BCUT2D eigenvalue weighted by molar-refractivity contribution is -0.192. The van der Waals surface area contributed by atoms with E-state index in [1.54, 1.807) is 7.11 Å². The molecule has 1 aliphatic heterocycles. The lowest BCUT2D eigenvalue weighted by atomic mass is 9.84. The first-order valence-corrected chi connectivity index (χ1v) is 8.41. The molecule has 2 rings (SSSR count). The lowest BCUT2D eigenvalue weighted by Crippen LogP contribution is -2.57. The fraction of sp³-hybridized carbons (Fsp3) is 1.00. The Kier molecular flexibility index (Phi) is 6.89. The van der Waals surface area contributed by atoms with Crippen LogP contribution in [-0.2, 0) is 14.2 Å². The molecular formula is C16H32N2O3. The summed E-state index contributed by atoms with van der Waals surface area (Å²) in [5.41, 5.74) is 0. The summed E-state index contributed by atoms with van der Waals surface area (Å²) in [5, 5.41) is 3.72. The van der Waals surface area contributed by atoms with Gasteiger partial charge in [0.2, 0.25) is 0 Å². The molecule has 2 atom stereocenters. The van der Waals surface area contributed by atoms with Crippen LogP contribution in [0.3, 0.4) is 0 Å². The second kappa shape index (κ2) is 8.44. The van der Waals surface area contributed by atoms with Crippen LogP contribution in [0.1, 0.15) is 39.0 Å². The van der Waals surface area contributed by atoms with Gasteiger partial charge in [0.05, 0.1) is 13.2 Å². The van der Waals surface area contributed by atoms with E-state index in [9.17, 15) is 0 Å². The number of likely N-dealkylation sites (N-methyl/N-ethyl adjacent to an activating group) is 1. The van der Waals surface area contributed by atoms with Gasteiger partial charge in [-0.2, -0.15) is 0 Å². The van der Waals surface area contributed by atoms with E-state index < -0.39 is 0 Å². The molecule has 2 aliphatic rings. The van der Waals surface area contributed by atoms with Crippen LogP contribution in [0.2, 0.25) is 0 Å². The maximum absolute atomic E-state index is 5.94. The quantitative estimate of drug-likeness (QED) is 0.690. The molecule has 5 nitrogen and oxygen atoms in total. The van der Waals surface area contributed by atoms with Crippen molar-refractivity contribution in [3.05, 3.63) is 0 Å². The lowest BCUT2D eigenvalue weighted by Gasteiger charge is -2.45. The topological polar surface area (TPSA) is 43.0 Å². The minimum absolute atomic E-state index is 0.315. The zero-order valence-corrected chi connectivity index (χ0v) is 13.9. The van der Waals surface area contributed by atoms with E-state index in [2.05, 4.69) is 24.2 Å². The van der Waals surface area contributed by atoms with E-state index in [0.29, 0.717) is 12.1 Å². The monoisotopic (exact) mass is 300 g/mol. The molecule has 1 heterocycles. The van der Waals surface area contributed by atoms with Crippen molar-refractivity contribution >= 4 is 0 Å². The third-order valence-electron chi connectivity index (χ3n) is 4.72. The molecule has 0 bridgehead atoms. The third-order valence-corrected chi connectivity index (χ3v) is 4.72. The molecule has 2 unspecified atom stereocenters. The Morgan fingerprint density at radius 2 is 2.10 bits per heavy atom. The van der Waals surface area contributed by atoms with E-state index in [0.717, 1.165) is 58.6 Å². The Balaban J connectivity index is 1.94. The van der Waals surface area contributed by atoms with Gasteiger partial charge < -0.3 is 24.4 Å². The summed E-state index contributed by atoms with van der Waals surface area (Å²) in [6.07, 6.45) is 5.35. The highest BCUT2D eigenvalue weighted by molar-refractivity contribution is 4.95. The van der Waals surface area contributed by atoms with Crippen molar-refractivity contribution in [3.63, 3.8) is 0 Å². The SMILES string of the molecule is CCCNC1CCC2(CC1N(C)CCCOC)OCCO2. The van der Waals surface area contributed by atoms with Crippen LogP contribution < -0.4 is 5.32 Å². The fourth-order valence-electron chi connectivity index (χ4n) is 3.54. The van der Waals surface area contributed by atoms with Crippen LogP contribution in [-0.4, -0.2) is 69.8 Å². The summed E-state index contributed by atoms with van der Waals surface area (Å²) < 4.78 is 17.1. The molecule has 1 spiro atoms. The van der Waals surface area contributed by atoms with Crippen LogP contribution in [0.5, 0.6) is 0 Å². The van der Waals surface area contributed by atoms with Crippen LogP contribution in [0.15, 0.2) is 0 Å². The number of ether oxygens (including phenoxy) is 3. The Morgan fingerprint density at radius 1 is 1.33 bits per heavy atom. The molecule has 0 aromatic rings. The fourth-order valence-corrected chi connectivity index (χ4v) is 3.54. The predicted octanol–water partition coefficient (Wildman–Crippen LogP) is 1.62. The van der Waals surface area contributed by atoms with Crippen molar-refractivity contribution in [2.45, 2.75) is 56.9 Å². The van der Waals surface area contributed by atoms with Crippen molar-refractivity contribution in [1.82, 2.24) is 10.2 Å². The van der Waals surface area contributed by atoms with E-state index in [1.165, 1.54) is 6.42 Å². The maximum Gasteiger partial charge on any atom is 0.170 e. The van der Waals surface area contributed by atoms with Crippen LogP contribution in [0, 0.1) is 0 Å². The molecule has 1 saturated heterocycles. The highest BCUT2D eigenvalue weighted by Crippen LogP contribution is 2.37. The molecule has 1 saturated carbocycles. The Labute approximate surface area is 129 Å². The first kappa shape index (κ1) is 17.2. The molecule has 1 aliphatic carbocycles. The third kappa shape index (κ3) is 4.63. The van der Waals surface area contributed by atoms with Gasteiger partial charge in [0.25, 0.3) is 0 Å². The van der Waals surface area contributed by atoms with Gasteiger partial charge in [0.1, 0.15) is 0 Å². The van der Waals surface area contributed by atoms with Crippen molar-refractivity contribution in [3.8, 4) is 0 Å². The second-order valence-corrected chi connectivity index (χ2v) is 6.31. The van der Waals surface area contributed by atoms with Gasteiger partial charge in [0.15, 0.2) is 5.79 Å². The number of hydrogen-bond acceptors (Lipinski definition) is 5. The normalized spacial score (nSPS) is 28.6. The van der Waals surface area contributed by atoms with Crippen LogP contribution >= 0.6 is 0 Å². The number of hydrogen-bond donors (Lipinski definition) is 1. The number of methoxy groups -OCH3 is 1. The van der Waals surface area contributed by atoms with Gasteiger partial charge in [-0.1, -0.05) is 6.92 Å². The van der Waals surface area contributed by atoms with Crippen molar-refractivity contribution in [1.29, 1.82) is 0 Å². The summed E-state index contributed by atoms with van der Waals surface area (Å²) >= 11 is 0. The van der Waals surface area contributed by atoms with E-state index in [-0.39, 0.29) is 5.79 Å². The summed E-state index contributed by atoms with van der Waals surface area (Å²) in [6.45, 7) is 6.67. The molecule has 2 fully saturated rings. The van der Waals surface area contributed by atoms with Gasteiger partial charge in [-0.25, -0.2) is 0 Å². The van der Waals surface area contributed by atoms with E-state index >= 15 is 0 Å². The summed E-state index contributed by atoms with van der Waals surface area (Å²) in [7, 11) is 3.98. The first-order valence-electron chi connectivity index (χ1n) is 8.41. The highest BCUT2D eigenvalue weighted by atomic mass is 16.7. The molecule has 0 aromatic carbocycles. The Bertz CT molecular complexity index is 295. The van der Waals surface area contributed by atoms with Crippen LogP contribution in [0.25, 0.3) is 0 Å². The molecular weight excluding hydrogens is 268 g/mol. The zero-order chi connectivity index (χ0) is 15.1. The molecule has 5 heteroatoms. The number of nitrogens with zero attached hydrogens (tertiary/aromatic N) is 1. The average molecular weight is 300 g/mol. The molecule has 1 N–H and O–H groups in total. The standard InChI is InChI=1S/C16H32N2O3/c1-4-8-17-14-6-7-16(20-11-12-21-16)13-15(14)18(2)9-5-10-19-3/h14-15,17H,4-13H2,1-3H3. The summed E-state index contributed by atoms with van der Waals surface area (Å²) in [5.74, 6) is -0.315. The largest absolute Gasteiger partial charge is 0.385 e. The molecule has 0 amide bonds. The molecule has 21 heavy (non-hydrogen) atoms. The highest BCUT2D eigenvalue weighted by Gasteiger charge is 2.45. The molecule has 0 radical (unpaired) electrons. The summed E-state index contributed by atoms with van der Waals surface area (Å²) in [4.78, 5) is 2.46. The van der Waals surface area contributed by atoms with Crippen molar-refractivity contribution < 1.29 is 14.2 Å². The first-order chi connectivity index (χ1) is 10.2. The van der Waals surface area contributed by atoms with Crippen molar-refractivity contribution in [2.24, 2.45) is 0 Å². The van der Waals surface area contributed by atoms with Gasteiger partial charge in [-0.05, 0) is 32.9 Å². The number of rotatable bonds is 8. The zero-order valence-electron chi connectivity index (χ0n) is 13.9. The molecule has 124 valence electrons. The Hall–Kier alpha value is -0.200. The average Bonchev–Trinajstić information content (AvgIpc) is 2.94. The van der Waals surface area contributed by atoms with Crippen molar-refractivity contribution in [2.75, 3.05) is 47.1 Å². The van der Waals surface area contributed by atoms with E-state index in [4.69, 9.17) is 14.2 Å². The smallest absolute Gasteiger partial charge is 0.170 e. The Morgan fingerprint density at radius 3 is 2.76 bits per heavy atom.